The molecule has 0 bridgehead atoms. The fourth-order valence-corrected chi connectivity index (χ4v) is 3.81. The summed E-state index contributed by atoms with van der Waals surface area (Å²) in [7, 11) is 1.93. The minimum Gasteiger partial charge on any atom is -0.308 e. The molecule has 2 unspecified atom stereocenters. The Bertz CT molecular complexity index is 287. The van der Waals surface area contributed by atoms with Crippen molar-refractivity contribution in [2.45, 2.75) is 57.2 Å². The Morgan fingerprint density at radius 1 is 1.47 bits per heavy atom. The topological polar surface area (TPSA) is 41.1 Å². The Kier molecular flexibility index (Phi) is 2.43. The van der Waals surface area contributed by atoms with E-state index in [1.807, 2.05) is 14.0 Å². The summed E-state index contributed by atoms with van der Waals surface area (Å²) in [5, 5.41) is 6.77. The van der Waals surface area contributed by atoms with E-state index in [9.17, 15) is 4.79 Å². The molecule has 1 aliphatic heterocycles. The number of piperidine rings is 1. The van der Waals surface area contributed by atoms with Gasteiger partial charge in [-0.25, -0.2) is 0 Å². The Balaban J connectivity index is 2.42. The van der Waals surface area contributed by atoms with Gasteiger partial charge in [-0.05, 0) is 40.7 Å². The molecule has 86 valence electrons. The number of fused-ring (bicyclic) bond motifs is 1. The predicted octanol–water partition coefficient (Wildman–Crippen LogP) is 1.08. The molecular weight excluding hydrogens is 188 g/mol. The Morgan fingerprint density at radius 3 is 2.73 bits per heavy atom. The zero-order valence-electron chi connectivity index (χ0n) is 10.2. The van der Waals surface area contributed by atoms with Crippen molar-refractivity contribution in [1.82, 2.24) is 10.6 Å². The molecule has 0 aromatic carbocycles. The normalized spacial score (nSPS) is 44.1. The van der Waals surface area contributed by atoms with Gasteiger partial charge in [-0.1, -0.05) is 6.42 Å². The van der Waals surface area contributed by atoms with E-state index >= 15 is 0 Å². The van der Waals surface area contributed by atoms with Gasteiger partial charge in [-0.3, -0.25) is 4.79 Å². The van der Waals surface area contributed by atoms with Crippen molar-refractivity contribution in [2.75, 3.05) is 7.05 Å². The second kappa shape index (κ2) is 3.29. The zero-order chi connectivity index (χ0) is 11.3. The van der Waals surface area contributed by atoms with Crippen LogP contribution in [0.25, 0.3) is 0 Å². The molecule has 2 fully saturated rings. The molecule has 1 aliphatic carbocycles. The van der Waals surface area contributed by atoms with Gasteiger partial charge < -0.3 is 10.6 Å². The summed E-state index contributed by atoms with van der Waals surface area (Å²) in [5.41, 5.74) is -0.193. The number of ketones is 1. The van der Waals surface area contributed by atoms with Crippen LogP contribution in [0.1, 0.15) is 40.0 Å². The summed E-state index contributed by atoms with van der Waals surface area (Å²) in [4.78, 5) is 12.3. The van der Waals surface area contributed by atoms with Gasteiger partial charge in [-0.15, -0.1) is 0 Å². The molecule has 15 heavy (non-hydrogen) atoms. The molecule has 0 aromatic heterocycles. The van der Waals surface area contributed by atoms with Crippen LogP contribution in [-0.4, -0.2) is 30.0 Å². The molecule has 2 rings (SSSR count). The largest absolute Gasteiger partial charge is 0.308 e. The molecule has 3 atom stereocenters. The number of carbonyl (C=O) groups excluding carboxylic acids is 1. The molecule has 0 amide bonds. The number of rotatable bonds is 1. The fraction of sp³-hybridized carbons (Fsp3) is 0.917. The highest BCUT2D eigenvalue weighted by atomic mass is 16.1. The summed E-state index contributed by atoms with van der Waals surface area (Å²) in [6, 6.07) is -0.0261. The maximum atomic E-state index is 12.3. The van der Waals surface area contributed by atoms with Crippen LogP contribution in [-0.2, 0) is 4.79 Å². The van der Waals surface area contributed by atoms with Crippen molar-refractivity contribution in [1.29, 1.82) is 0 Å². The lowest BCUT2D eigenvalue weighted by Gasteiger charge is -2.50. The van der Waals surface area contributed by atoms with E-state index in [0.29, 0.717) is 11.7 Å². The molecule has 1 heterocycles. The maximum Gasteiger partial charge on any atom is 0.169 e. The first-order valence-corrected chi connectivity index (χ1v) is 5.95. The summed E-state index contributed by atoms with van der Waals surface area (Å²) in [5.74, 6) is 0.783. The number of nitrogens with one attached hydrogen (secondary N) is 2. The van der Waals surface area contributed by atoms with Gasteiger partial charge in [0, 0.05) is 11.5 Å². The van der Waals surface area contributed by atoms with E-state index < -0.39 is 0 Å². The third-order valence-electron chi connectivity index (χ3n) is 4.40. The molecule has 3 heteroatoms. The molecule has 0 spiro atoms. The van der Waals surface area contributed by atoms with Gasteiger partial charge in [0.2, 0.25) is 0 Å². The number of carbonyl (C=O) groups is 1. The first-order chi connectivity index (χ1) is 6.94. The van der Waals surface area contributed by atoms with Crippen molar-refractivity contribution in [3.05, 3.63) is 0 Å². The van der Waals surface area contributed by atoms with E-state index in [0.717, 1.165) is 19.3 Å². The maximum absolute atomic E-state index is 12.3. The van der Waals surface area contributed by atoms with Crippen molar-refractivity contribution in [3.8, 4) is 0 Å². The highest BCUT2D eigenvalue weighted by Gasteiger charge is 2.58. The summed E-state index contributed by atoms with van der Waals surface area (Å²) < 4.78 is 0. The fourth-order valence-electron chi connectivity index (χ4n) is 3.81. The van der Waals surface area contributed by atoms with E-state index in [1.54, 1.807) is 0 Å². The monoisotopic (exact) mass is 210 g/mol. The molecule has 2 aliphatic rings. The van der Waals surface area contributed by atoms with Crippen molar-refractivity contribution in [3.63, 3.8) is 0 Å². The summed E-state index contributed by atoms with van der Waals surface area (Å²) in [6.07, 6.45) is 3.32. The zero-order valence-corrected chi connectivity index (χ0v) is 10.2. The molecule has 0 aromatic rings. The molecular formula is C12H22N2O. The van der Waals surface area contributed by atoms with Crippen LogP contribution in [0.4, 0.5) is 0 Å². The van der Waals surface area contributed by atoms with Gasteiger partial charge in [0.15, 0.2) is 5.78 Å². The van der Waals surface area contributed by atoms with E-state index in [-0.39, 0.29) is 17.1 Å². The number of hydrogen-bond donors (Lipinski definition) is 2. The molecule has 1 saturated carbocycles. The summed E-state index contributed by atoms with van der Waals surface area (Å²) in [6.45, 7) is 6.42. The first kappa shape index (κ1) is 11.1. The number of hydrogen-bond acceptors (Lipinski definition) is 3. The van der Waals surface area contributed by atoms with Crippen LogP contribution in [0.2, 0.25) is 0 Å². The van der Waals surface area contributed by atoms with E-state index in [2.05, 4.69) is 24.5 Å². The quantitative estimate of drug-likeness (QED) is 0.680. The average molecular weight is 210 g/mol. The van der Waals surface area contributed by atoms with Crippen LogP contribution < -0.4 is 10.6 Å². The Hall–Kier alpha value is -0.410. The van der Waals surface area contributed by atoms with Crippen molar-refractivity contribution >= 4 is 5.78 Å². The van der Waals surface area contributed by atoms with Gasteiger partial charge in [0.25, 0.3) is 0 Å². The van der Waals surface area contributed by atoms with Crippen LogP contribution in [0.5, 0.6) is 0 Å². The number of likely N-dealkylation sites (N-methyl/N-ethyl adjacent to an activating group) is 1. The average Bonchev–Trinajstić information content (AvgIpc) is 2.60. The first-order valence-electron chi connectivity index (χ1n) is 5.95. The smallest absolute Gasteiger partial charge is 0.169 e. The second-order valence-corrected chi connectivity index (χ2v) is 5.62. The van der Waals surface area contributed by atoms with Crippen LogP contribution in [0.15, 0.2) is 0 Å². The van der Waals surface area contributed by atoms with Gasteiger partial charge in [0.05, 0.1) is 11.6 Å². The standard InChI is InChI=1S/C12H22N2O/c1-8-10(15)12(13-4)7-5-6-9(12)11(2,3)14-8/h8-9,13-14H,5-7H2,1-4H3/t8-,9?,12?/m0/s1. The third-order valence-corrected chi connectivity index (χ3v) is 4.40. The van der Waals surface area contributed by atoms with E-state index in [1.165, 1.54) is 0 Å². The van der Waals surface area contributed by atoms with Crippen molar-refractivity contribution < 1.29 is 4.79 Å². The minimum atomic E-state index is -0.256. The SMILES string of the molecule is CNC12CCCC1C(C)(C)N[C@@H](C)C2=O. The molecule has 2 N–H and O–H groups in total. The lowest BCUT2D eigenvalue weighted by molar-refractivity contribution is -0.134. The van der Waals surface area contributed by atoms with Crippen LogP contribution in [0, 0.1) is 5.92 Å². The van der Waals surface area contributed by atoms with Gasteiger partial charge in [0.1, 0.15) is 0 Å². The van der Waals surface area contributed by atoms with Gasteiger partial charge in [-0.2, -0.15) is 0 Å². The van der Waals surface area contributed by atoms with E-state index in [4.69, 9.17) is 0 Å². The minimum absolute atomic E-state index is 0.0261. The second-order valence-electron chi connectivity index (χ2n) is 5.62. The summed E-state index contributed by atoms with van der Waals surface area (Å²) >= 11 is 0. The predicted molar refractivity (Wildman–Crippen MR) is 60.8 cm³/mol. The highest BCUT2D eigenvalue weighted by molar-refractivity contribution is 5.94. The van der Waals surface area contributed by atoms with Gasteiger partial charge >= 0.3 is 0 Å². The molecule has 1 saturated heterocycles. The Labute approximate surface area is 92.0 Å². The molecule has 0 radical (unpaired) electrons. The lowest BCUT2D eigenvalue weighted by Crippen LogP contribution is -2.72. The number of Topliss-reactive ketones (excluding diaryl/α,β-unsaturated/α-hetero) is 1. The molecule has 3 nitrogen and oxygen atoms in total. The highest BCUT2D eigenvalue weighted by Crippen LogP contribution is 2.45. The van der Waals surface area contributed by atoms with Crippen LogP contribution in [0.3, 0.4) is 0 Å². The lowest BCUT2D eigenvalue weighted by atomic mass is 9.67. The van der Waals surface area contributed by atoms with Crippen molar-refractivity contribution in [2.24, 2.45) is 5.92 Å². The third kappa shape index (κ3) is 1.36. The Morgan fingerprint density at radius 2 is 2.13 bits per heavy atom. The van der Waals surface area contributed by atoms with Crippen LogP contribution >= 0.6 is 0 Å².